The Balaban J connectivity index is 1.57. The molecule has 1 saturated carbocycles. The van der Waals surface area contributed by atoms with Gasteiger partial charge in [0.1, 0.15) is 11.4 Å². The highest BCUT2D eigenvalue weighted by molar-refractivity contribution is 5.98. The standard InChI is InChI=1S/C19H23N9O/c20-12-4-6-13(7-5-12)26-19-22-11-16(17(21)29)18(27-19)25-14-2-1-3-15(10-14)28-23-8-9-24-28/h1-3,8-13H,4-7,20H2,(H2,21,29)(H2,22,25,26,27). The number of rotatable bonds is 6. The number of nitrogens with one attached hydrogen (secondary N) is 2. The molecule has 1 fully saturated rings. The predicted octanol–water partition coefficient (Wildman–Crippen LogP) is 1.58. The number of nitrogens with two attached hydrogens (primary N) is 2. The van der Waals surface area contributed by atoms with Gasteiger partial charge in [-0.15, -0.1) is 0 Å². The molecule has 3 aromatic rings. The van der Waals surface area contributed by atoms with Crippen LogP contribution in [0.5, 0.6) is 0 Å². The van der Waals surface area contributed by atoms with Crippen molar-refractivity contribution in [2.24, 2.45) is 11.5 Å². The van der Waals surface area contributed by atoms with Crippen molar-refractivity contribution in [1.82, 2.24) is 25.0 Å². The van der Waals surface area contributed by atoms with E-state index in [4.69, 9.17) is 11.5 Å². The van der Waals surface area contributed by atoms with E-state index >= 15 is 0 Å². The lowest BCUT2D eigenvalue weighted by Gasteiger charge is -2.26. The molecule has 1 amide bonds. The van der Waals surface area contributed by atoms with Crippen molar-refractivity contribution < 1.29 is 4.79 Å². The second-order valence-electron chi connectivity index (χ2n) is 7.07. The number of anilines is 3. The van der Waals surface area contributed by atoms with E-state index in [1.165, 1.54) is 11.0 Å². The van der Waals surface area contributed by atoms with E-state index in [2.05, 4.69) is 30.8 Å². The zero-order valence-electron chi connectivity index (χ0n) is 15.8. The van der Waals surface area contributed by atoms with Gasteiger partial charge in [0.15, 0.2) is 0 Å². The smallest absolute Gasteiger partial charge is 0.254 e. The molecule has 1 aliphatic carbocycles. The van der Waals surface area contributed by atoms with E-state index in [9.17, 15) is 4.79 Å². The second-order valence-corrected chi connectivity index (χ2v) is 7.07. The molecule has 0 atom stereocenters. The van der Waals surface area contributed by atoms with E-state index in [0.717, 1.165) is 37.1 Å². The Morgan fingerprint density at radius 3 is 2.62 bits per heavy atom. The summed E-state index contributed by atoms with van der Waals surface area (Å²) in [6, 6.07) is 7.96. The summed E-state index contributed by atoms with van der Waals surface area (Å²) in [6.45, 7) is 0. The van der Waals surface area contributed by atoms with E-state index < -0.39 is 5.91 Å². The first-order valence-electron chi connectivity index (χ1n) is 9.51. The summed E-state index contributed by atoms with van der Waals surface area (Å²) in [5, 5.41) is 14.7. The molecule has 0 saturated heterocycles. The fourth-order valence-corrected chi connectivity index (χ4v) is 3.37. The summed E-state index contributed by atoms with van der Waals surface area (Å²) in [4.78, 5) is 22.1. The first kappa shape index (κ1) is 18.8. The third kappa shape index (κ3) is 4.49. The molecule has 0 spiro atoms. The normalized spacial score (nSPS) is 18.9. The fourth-order valence-electron chi connectivity index (χ4n) is 3.37. The van der Waals surface area contributed by atoms with Gasteiger partial charge in [0.2, 0.25) is 5.95 Å². The lowest BCUT2D eigenvalue weighted by Crippen LogP contribution is -2.33. The van der Waals surface area contributed by atoms with Gasteiger partial charge in [-0.05, 0) is 43.9 Å². The molecule has 150 valence electrons. The molecule has 2 aromatic heterocycles. The molecule has 29 heavy (non-hydrogen) atoms. The van der Waals surface area contributed by atoms with Crippen molar-refractivity contribution in [3.8, 4) is 5.69 Å². The van der Waals surface area contributed by atoms with Gasteiger partial charge in [-0.25, -0.2) is 4.98 Å². The minimum Gasteiger partial charge on any atom is -0.365 e. The summed E-state index contributed by atoms with van der Waals surface area (Å²) in [6.07, 6.45) is 8.51. The molecule has 10 heteroatoms. The van der Waals surface area contributed by atoms with Crippen molar-refractivity contribution in [3.05, 3.63) is 48.4 Å². The average Bonchev–Trinajstić information content (AvgIpc) is 3.25. The molecule has 6 N–H and O–H groups in total. The van der Waals surface area contributed by atoms with E-state index in [-0.39, 0.29) is 17.6 Å². The van der Waals surface area contributed by atoms with Gasteiger partial charge < -0.3 is 22.1 Å². The Labute approximate surface area is 167 Å². The number of carbonyl (C=O) groups excluding carboxylic acids is 1. The second kappa shape index (κ2) is 8.23. The van der Waals surface area contributed by atoms with Crippen molar-refractivity contribution >= 4 is 23.4 Å². The Morgan fingerprint density at radius 1 is 1.14 bits per heavy atom. The van der Waals surface area contributed by atoms with Crippen molar-refractivity contribution in [2.45, 2.75) is 37.8 Å². The number of aromatic nitrogens is 5. The van der Waals surface area contributed by atoms with Crippen LogP contribution in [0.4, 0.5) is 17.5 Å². The molecule has 0 unspecified atom stereocenters. The third-order valence-electron chi connectivity index (χ3n) is 4.92. The van der Waals surface area contributed by atoms with Gasteiger partial charge in [-0.1, -0.05) is 6.07 Å². The highest BCUT2D eigenvalue weighted by Gasteiger charge is 2.20. The zero-order valence-corrected chi connectivity index (χ0v) is 15.8. The number of amides is 1. The maximum Gasteiger partial charge on any atom is 0.254 e. The van der Waals surface area contributed by atoms with Crippen LogP contribution in [-0.2, 0) is 0 Å². The minimum atomic E-state index is -0.604. The summed E-state index contributed by atoms with van der Waals surface area (Å²) in [7, 11) is 0. The number of hydrogen-bond acceptors (Lipinski definition) is 8. The van der Waals surface area contributed by atoms with Crippen LogP contribution in [0.2, 0.25) is 0 Å². The number of carbonyl (C=O) groups is 1. The number of primary amides is 1. The third-order valence-corrected chi connectivity index (χ3v) is 4.92. The molecule has 10 nitrogen and oxygen atoms in total. The van der Waals surface area contributed by atoms with Crippen LogP contribution in [-0.4, -0.2) is 43.0 Å². The van der Waals surface area contributed by atoms with E-state index in [1.807, 2.05) is 24.3 Å². The van der Waals surface area contributed by atoms with E-state index in [0.29, 0.717) is 11.8 Å². The molecule has 1 aromatic carbocycles. The van der Waals surface area contributed by atoms with Gasteiger partial charge >= 0.3 is 0 Å². The maximum absolute atomic E-state index is 11.8. The Kier molecular flexibility index (Phi) is 5.34. The molecule has 2 heterocycles. The number of nitrogens with zero attached hydrogens (tertiary/aromatic N) is 5. The molecular weight excluding hydrogens is 370 g/mol. The summed E-state index contributed by atoms with van der Waals surface area (Å²) in [5.74, 6) is 0.184. The number of benzene rings is 1. The van der Waals surface area contributed by atoms with Crippen LogP contribution in [0.3, 0.4) is 0 Å². The van der Waals surface area contributed by atoms with Gasteiger partial charge in [0.25, 0.3) is 5.91 Å². The summed E-state index contributed by atoms with van der Waals surface area (Å²) >= 11 is 0. The monoisotopic (exact) mass is 393 g/mol. The Morgan fingerprint density at radius 2 is 1.90 bits per heavy atom. The number of hydrogen-bond donors (Lipinski definition) is 4. The molecular formula is C19H23N9O. The summed E-state index contributed by atoms with van der Waals surface area (Å²) < 4.78 is 0. The Bertz CT molecular complexity index is 981. The zero-order chi connectivity index (χ0) is 20.2. The first-order chi connectivity index (χ1) is 14.1. The van der Waals surface area contributed by atoms with Crippen LogP contribution < -0.4 is 22.1 Å². The van der Waals surface area contributed by atoms with Crippen LogP contribution in [0.1, 0.15) is 36.0 Å². The fraction of sp³-hybridized carbons (Fsp3) is 0.316. The molecule has 0 aliphatic heterocycles. The van der Waals surface area contributed by atoms with Crippen LogP contribution in [0.15, 0.2) is 42.9 Å². The van der Waals surface area contributed by atoms with Crippen molar-refractivity contribution in [3.63, 3.8) is 0 Å². The lowest BCUT2D eigenvalue weighted by atomic mass is 9.92. The molecule has 1 aliphatic rings. The highest BCUT2D eigenvalue weighted by atomic mass is 16.1. The molecule has 4 rings (SSSR count). The van der Waals surface area contributed by atoms with Gasteiger partial charge in [-0.2, -0.15) is 20.0 Å². The van der Waals surface area contributed by atoms with Crippen LogP contribution >= 0.6 is 0 Å². The van der Waals surface area contributed by atoms with Gasteiger partial charge in [-0.3, -0.25) is 4.79 Å². The van der Waals surface area contributed by atoms with Crippen molar-refractivity contribution in [2.75, 3.05) is 10.6 Å². The highest BCUT2D eigenvalue weighted by Crippen LogP contribution is 2.24. The lowest BCUT2D eigenvalue weighted by molar-refractivity contribution is 0.100. The maximum atomic E-state index is 11.8. The van der Waals surface area contributed by atoms with Crippen LogP contribution in [0, 0.1) is 0 Å². The Hall–Kier alpha value is -3.53. The summed E-state index contributed by atoms with van der Waals surface area (Å²) in [5.41, 5.74) is 13.2. The largest absolute Gasteiger partial charge is 0.365 e. The first-order valence-corrected chi connectivity index (χ1v) is 9.51. The predicted molar refractivity (Wildman–Crippen MR) is 109 cm³/mol. The minimum absolute atomic E-state index is 0.212. The quantitative estimate of drug-likeness (QED) is 0.493. The van der Waals surface area contributed by atoms with Crippen LogP contribution in [0.25, 0.3) is 5.69 Å². The average molecular weight is 393 g/mol. The van der Waals surface area contributed by atoms with Gasteiger partial charge in [0.05, 0.1) is 18.1 Å². The SMILES string of the molecule is NC(=O)c1cnc(NC2CCC(N)CC2)nc1Nc1cccc(-n2nccn2)c1. The van der Waals surface area contributed by atoms with Crippen molar-refractivity contribution in [1.29, 1.82) is 0 Å². The molecule has 0 bridgehead atoms. The van der Waals surface area contributed by atoms with E-state index in [1.54, 1.807) is 12.4 Å². The molecule has 0 radical (unpaired) electrons. The topological polar surface area (TPSA) is 150 Å². The van der Waals surface area contributed by atoms with Gasteiger partial charge in [0, 0.05) is 24.0 Å².